The number of amides is 1. The summed E-state index contributed by atoms with van der Waals surface area (Å²) in [5.74, 6) is -0.0137. The molecule has 2 aliphatic heterocycles. The van der Waals surface area contributed by atoms with Crippen LogP contribution < -0.4 is 5.48 Å². The smallest absolute Gasteiger partial charge is 0.266 e. The molecule has 0 atom stereocenters. The number of methoxy groups -OCH3 is 1. The van der Waals surface area contributed by atoms with Crippen molar-refractivity contribution < 1.29 is 23.2 Å². The van der Waals surface area contributed by atoms with E-state index >= 15 is 0 Å². The van der Waals surface area contributed by atoms with E-state index in [1.807, 2.05) is 6.20 Å². The Labute approximate surface area is 195 Å². The minimum Gasteiger partial charge on any atom is -0.383 e. The maximum absolute atomic E-state index is 13.6. The molecule has 0 radical (unpaired) electrons. The van der Waals surface area contributed by atoms with Gasteiger partial charge in [-0.2, -0.15) is 0 Å². The molecule has 0 saturated carbocycles. The van der Waals surface area contributed by atoms with Gasteiger partial charge in [0.1, 0.15) is 0 Å². The van der Waals surface area contributed by atoms with E-state index in [9.17, 15) is 18.4 Å². The van der Waals surface area contributed by atoms with Gasteiger partial charge in [0.05, 0.1) is 11.6 Å². The highest BCUT2D eigenvalue weighted by Gasteiger charge is 2.55. The highest BCUT2D eigenvalue weighted by atomic mass is 32.2. The zero-order valence-electron chi connectivity index (χ0n) is 19.2. The van der Waals surface area contributed by atoms with Crippen LogP contribution in [-0.2, 0) is 26.0 Å². The van der Waals surface area contributed by atoms with E-state index in [0.29, 0.717) is 58.1 Å². The summed E-state index contributed by atoms with van der Waals surface area (Å²) in [6.45, 7) is 7.25. The quantitative estimate of drug-likeness (QED) is 0.403. The van der Waals surface area contributed by atoms with E-state index in [1.54, 1.807) is 23.9 Å². The van der Waals surface area contributed by atoms with Gasteiger partial charge in [-0.15, -0.1) is 11.3 Å². The molecule has 0 aromatic carbocycles. The van der Waals surface area contributed by atoms with Crippen molar-refractivity contribution in [3.63, 3.8) is 0 Å². The van der Waals surface area contributed by atoms with E-state index < -0.39 is 20.7 Å². The third kappa shape index (κ3) is 5.34. The van der Waals surface area contributed by atoms with Crippen molar-refractivity contribution in [1.29, 1.82) is 0 Å². The fourth-order valence-electron chi connectivity index (χ4n) is 4.66. The van der Waals surface area contributed by atoms with Gasteiger partial charge in [0, 0.05) is 56.8 Å². The molecule has 2 aliphatic rings. The first-order chi connectivity index (χ1) is 15.2. The second-order valence-corrected chi connectivity index (χ2v) is 12.6. The number of aromatic nitrogens is 1. The predicted octanol–water partition coefficient (Wildman–Crippen LogP) is 1.84. The Morgan fingerprint density at radius 2 is 1.97 bits per heavy atom. The summed E-state index contributed by atoms with van der Waals surface area (Å²) in [6, 6.07) is 0. The highest BCUT2D eigenvalue weighted by molar-refractivity contribution is 7.91. The number of ether oxygens (including phenoxy) is 1. The lowest BCUT2D eigenvalue weighted by Crippen LogP contribution is -2.62. The van der Waals surface area contributed by atoms with Gasteiger partial charge >= 0.3 is 0 Å². The number of rotatable bonds is 9. The van der Waals surface area contributed by atoms with Crippen LogP contribution in [0.3, 0.4) is 0 Å². The number of hydroxylamine groups is 1. The molecule has 0 unspecified atom stereocenters. The first-order valence-corrected chi connectivity index (χ1v) is 13.6. The Morgan fingerprint density at radius 3 is 2.53 bits per heavy atom. The van der Waals surface area contributed by atoms with Gasteiger partial charge in [0.2, 0.25) is 10.0 Å². The molecule has 9 nitrogen and oxygen atoms in total. The normalized spacial score (nSPS) is 21.2. The third-order valence-electron chi connectivity index (χ3n) is 6.61. The van der Waals surface area contributed by atoms with E-state index in [4.69, 9.17) is 4.74 Å². The predicted molar refractivity (Wildman–Crippen MR) is 123 cm³/mol. The van der Waals surface area contributed by atoms with Crippen LogP contribution in [0.4, 0.5) is 0 Å². The molecule has 3 heterocycles. The highest BCUT2D eigenvalue weighted by Crippen LogP contribution is 2.38. The average molecular weight is 489 g/mol. The van der Waals surface area contributed by atoms with Crippen LogP contribution in [-0.4, -0.2) is 84.9 Å². The van der Waals surface area contributed by atoms with Crippen molar-refractivity contribution >= 4 is 27.3 Å². The number of nitrogens with zero attached hydrogens (tertiary/aromatic N) is 3. The van der Waals surface area contributed by atoms with Crippen LogP contribution in [0.25, 0.3) is 0 Å². The van der Waals surface area contributed by atoms with Gasteiger partial charge in [0.15, 0.2) is 4.75 Å². The maximum Gasteiger partial charge on any atom is 0.266 e. The minimum absolute atomic E-state index is 0.149. The summed E-state index contributed by atoms with van der Waals surface area (Å²) in [4.78, 5) is 20.6. The van der Waals surface area contributed by atoms with Gasteiger partial charge in [-0.25, -0.2) is 23.2 Å². The van der Waals surface area contributed by atoms with Crippen molar-refractivity contribution in [3.05, 3.63) is 16.1 Å². The van der Waals surface area contributed by atoms with Crippen LogP contribution in [0.1, 0.15) is 55.3 Å². The summed E-state index contributed by atoms with van der Waals surface area (Å²) in [7, 11) is -2.31. The van der Waals surface area contributed by atoms with Gasteiger partial charge in [-0.05, 0) is 38.0 Å². The van der Waals surface area contributed by atoms with Gasteiger partial charge in [-0.1, -0.05) is 13.8 Å². The van der Waals surface area contributed by atoms with Crippen molar-refractivity contribution in [1.82, 2.24) is 19.7 Å². The molecule has 11 heteroatoms. The Morgan fingerprint density at radius 1 is 1.31 bits per heavy atom. The first-order valence-electron chi connectivity index (χ1n) is 11.3. The monoisotopic (exact) mass is 488 g/mol. The standard InChI is InChI=1S/C21H36N4O5S2/c1-16(2)14-18-15-22-19(31-18)17-4-8-25(9-5-17)32(28,29)21(20(26)23-27)6-10-24(11-7-21)12-13-30-3/h15-17,27H,4-14H2,1-3H3,(H,23,26). The Kier molecular flexibility index (Phi) is 8.67. The molecule has 0 spiro atoms. The van der Waals surface area contributed by atoms with Crippen LogP contribution in [0, 0.1) is 5.92 Å². The molecular formula is C21H36N4O5S2. The molecule has 2 N–H and O–H groups in total. The zero-order valence-corrected chi connectivity index (χ0v) is 20.9. The molecule has 2 saturated heterocycles. The van der Waals surface area contributed by atoms with Crippen LogP contribution >= 0.6 is 11.3 Å². The Balaban J connectivity index is 1.68. The fraction of sp³-hybridized carbons (Fsp3) is 0.810. The molecule has 182 valence electrons. The summed E-state index contributed by atoms with van der Waals surface area (Å²) < 4.78 is 32.2. The largest absolute Gasteiger partial charge is 0.383 e. The van der Waals surface area contributed by atoms with Crippen molar-refractivity contribution in [2.24, 2.45) is 5.92 Å². The zero-order chi connectivity index (χ0) is 23.4. The lowest BCUT2D eigenvalue weighted by Gasteiger charge is -2.43. The molecule has 0 aliphatic carbocycles. The van der Waals surface area contributed by atoms with Crippen LogP contribution in [0.15, 0.2) is 6.20 Å². The topological polar surface area (TPSA) is 112 Å². The summed E-state index contributed by atoms with van der Waals surface area (Å²) in [6.07, 6.45) is 4.62. The SMILES string of the molecule is COCCN1CCC(C(=O)NO)(S(=O)(=O)N2CCC(c3ncc(CC(C)C)s3)CC2)CC1. The van der Waals surface area contributed by atoms with Crippen molar-refractivity contribution in [2.45, 2.75) is 56.6 Å². The van der Waals surface area contributed by atoms with E-state index in [-0.39, 0.29) is 18.8 Å². The molecular weight excluding hydrogens is 452 g/mol. The number of thiazole rings is 1. The second-order valence-electron chi connectivity index (χ2n) is 9.21. The molecule has 1 aromatic rings. The van der Waals surface area contributed by atoms with Gasteiger partial charge in [-0.3, -0.25) is 10.0 Å². The number of piperidine rings is 2. The molecule has 32 heavy (non-hydrogen) atoms. The summed E-state index contributed by atoms with van der Waals surface area (Å²) in [5.41, 5.74) is 1.64. The number of carbonyl (C=O) groups is 1. The van der Waals surface area contributed by atoms with Gasteiger partial charge < -0.3 is 9.64 Å². The van der Waals surface area contributed by atoms with E-state index in [0.717, 1.165) is 11.4 Å². The number of likely N-dealkylation sites (tertiary alicyclic amines) is 1. The lowest BCUT2D eigenvalue weighted by molar-refractivity contribution is -0.133. The van der Waals surface area contributed by atoms with Crippen LogP contribution in [0.5, 0.6) is 0 Å². The van der Waals surface area contributed by atoms with Crippen molar-refractivity contribution in [3.8, 4) is 0 Å². The molecule has 3 rings (SSSR count). The Bertz CT molecular complexity index is 857. The molecule has 1 aromatic heterocycles. The van der Waals surface area contributed by atoms with Crippen LogP contribution in [0.2, 0.25) is 0 Å². The van der Waals surface area contributed by atoms with E-state index in [2.05, 4.69) is 23.7 Å². The number of hydrogen-bond acceptors (Lipinski definition) is 8. The van der Waals surface area contributed by atoms with Gasteiger partial charge in [0.25, 0.3) is 5.91 Å². The lowest BCUT2D eigenvalue weighted by atomic mass is 9.95. The van der Waals surface area contributed by atoms with Crippen molar-refractivity contribution in [2.75, 3.05) is 46.4 Å². The Hall–Kier alpha value is -1.11. The maximum atomic E-state index is 13.6. The fourth-order valence-corrected chi connectivity index (χ4v) is 8.12. The number of carbonyl (C=O) groups excluding carboxylic acids is 1. The average Bonchev–Trinajstić information content (AvgIpc) is 3.25. The third-order valence-corrected chi connectivity index (χ3v) is 10.4. The second kappa shape index (κ2) is 10.9. The summed E-state index contributed by atoms with van der Waals surface area (Å²) in [5, 5.41) is 10.4. The molecule has 0 bridgehead atoms. The summed E-state index contributed by atoms with van der Waals surface area (Å²) >= 11 is 1.73. The number of sulfonamides is 1. The molecule has 1 amide bonds. The first kappa shape index (κ1) is 25.5. The van der Waals surface area contributed by atoms with E-state index in [1.165, 1.54) is 9.18 Å². The number of nitrogens with one attached hydrogen (secondary N) is 1. The number of hydrogen-bond donors (Lipinski definition) is 2. The minimum atomic E-state index is -3.93. The molecule has 2 fully saturated rings.